The number of nitrogens with zero attached hydrogens (tertiary/aromatic N) is 5. The van der Waals surface area contributed by atoms with Crippen LogP contribution in [-0.2, 0) is 24.5 Å². The van der Waals surface area contributed by atoms with Gasteiger partial charge in [-0.1, -0.05) is 24.4 Å². The van der Waals surface area contributed by atoms with Gasteiger partial charge >= 0.3 is 12.0 Å². The summed E-state index contributed by atoms with van der Waals surface area (Å²) in [5.74, 6) is -4.08. The highest BCUT2D eigenvalue weighted by Gasteiger charge is 2.54. The van der Waals surface area contributed by atoms with Gasteiger partial charge in [0.1, 0.15) is 11.1 Å². The molecule has 0 spiro atoms. The molecule has 1 aromatic carbocycles. The fourth-order valence-corrected chi connectivity index (χ4v) is 4.12. The van der Waals surface area contributed by atoms with Crippen LogP contribution in [0, 0.1) is 0 Å². The van der Waals surface area contributed by atoms with Crippen molar-refractivity contribution in [1.29, 1.82) is 0 Å². The van der Waals surface area contributed by atoms with Crippen LogP contribution in [0.1, 0.15) is 37.8 Å². The summed E-state index contributed by atoms with van der Waals surface area (Å²) in [4.78, 5) is 58.6. The Morgan fingerprint density at radius 3 is 2.62 bits per heavy atom. The van der Waals surface area contributed by atoms with Crippen molar-refractivity contribution < 1.29 is 29.0 Å². The highest BCUT2D eigenvalue weighted by molar-refractivity contribution is 6.42. The van der Waals surface area contributed by atoms with E-state index in [4.69, 9.17) is 11.6 Å². The lowest BCUT2D eigenvalue weighted by Gasteiger charge is -2.26. The number of aromatic hydroxyl groups is 1. The minimum Gasteiger partial charge on any atom is -0.493 e. The fourth-order valence-electron chi connectivity index (χ4n) is 3.99. The average Bonchev–Trinajstić information content (AvgIpc) is 3.30. The van der Waals surface area contributed by atoms with Gasteiger partial charge in [-0.3, -0.25) is 9.59 Å². The van der Waals surface area contributed by atoms with Crippen molar-refractivity contribution in [2.75, 3.05) is 12.4 Å². The number of urea groups is 1. The predicted molar refractivity (Wildman–Crippen MR) is 119 cm³/mol. The number of esters is 1. The smallest absolute Gasteiger partial charge is 0.375 e. The monoisotopic (exact) mass is 486 g/mol. The van der Waals surface area contributed by atoms with Gasteiger partial charge in [-0.15, -0.1) is 10.2 Å². The van der Waals surface area contributed by atoms with Crippen LogP contribution in [0.3, 0.4) is 0 Å². The molecule has 2 N–H and O–H groups in total. The van der Waals surface area contributed by atoms with Crippen LogP contribution in [0.2, 0.25) is 5.02 Å². The number of ether oxygens (including phenoxy) is 1. The number of rotatable bonds is 4. The summed E-state index contributed by atoms with van der Waals surface area (Å²) in [7, 11) is 1.03. The van der Waals surface area contributed by atoms with Gasteiger partial charge < -0.3 is 15.2 Å². The van der Waals surface area contributed by atoms with E-state index < -0.39 is 34.9 Å². The molecule has 0 saturated heterocycles. The zero-order valence-corrected chi connectivity index (χ0v) is 18.7. The number of hydrogen-bond donors (Lipinski definition) is 2. The zero-order valence-electron chi connectivity index (χ0n) is 17.9. The van der Waals surface area contributed by atoms with Gasteiger partial charge in [0, 0.05) is 17.1 Å². The van der Waals surface area contributed by atoms with E-state index in [0.717, 1.165) is 11.7 Å². The predicted octanol–water partition coefficient (Wildman–Crippen LogP) is 3.29. The van der Waals surface area contributed by atoms with Crippen molar-refractivity contribution in [2.45, 2.75) is 37.5 Å². The van der Waals surface area contributed by atoms with E-state index in [1.54, 1.807) is 24.3 Å². The number of halogens is 1. The van der Waals surface area contributed by atoms with Gasteiger partial charge in [0.05, 0.1) is 7.11 Å². The normalized spacial score (nSPS) is 20.6. The number of Topliss-reactive ketones (excluding diaryl/α,β-unsaturated/α-hetero) is 2. The second kappa shape index (κ2) is 9.14. The molecule has 13 heteroatoms. The second-order valence-corrected chi connectivity index (χ2v) is 8.11. The minimum absolute atomic E-state index is 0.0241. The zero-order chi connectivity index (χ0) is 24.5. The van der Waals surface area contributed by atoms with E-state index in [2.05, 4.69) is 30.3 Å². The number of imidazole rings is 1. The summed E-state index contributed by atoms with van der Waals surface area (Å²) >= 11 is 5.83. The lowest BCUT2D eigenvalue weighted by molar-refractivity contribution is -0.156. The quantitative estimate of drug-likeness (QED) is 0.289. The van der Waals surface area contributed by atoms with E-state index in [0.29, 0.717) is 30.0 Å². The Kier molecular flexibility index (Phi) is 6.24. The van der Waals surface area contributed by atoms with Gasteiger partial charge in [-0.2, -0.15) is 4.99 Å². The molecule has 2 aliphatic rings. The third-order valence-electron chi connectivity index (χ3n) is 5.66. The number of aliphatic imine (C=N–C) groups is 1. The summed E-state index contributed by atoms with van der Waals surface area (Å²) in [5, 5.41) is 21.5. The summed E-state index contributed by atoms with van der Waals surface area (Å²) in [6.07, 6.45) is 1.62. The van der Waals surface area contributed by atoms with Crippen molar-refractivity contribution in [2.24, 2.45) is 15.2 Å². The van der Waals surface area contributed by atoms with Crippen LogP contribution in [0.5, 0.6) is 5.88 Å². The summed E-state index contributed by atoms with van der Waals surface area (Å²) < 4.78 is 5.50. The molecule has 2 amide bonds. The Morgan fingerprint density at radius 2 is 1.91 bits per heavy atom. The number of fused-ring (bicyclic) bond motifs is 1. The standard InChI is InChI=1S/C21H19ClN6O6/c1-34-17(32)15(30)21(10-4-2-3-5-13(21)29)14-16(31)28-18(24-14)26-27-19(28)25-20(33)23-12-8-6-11(22)7-9-12/h6-9,31H,2-5,10H2,1H3,(H,23,33)/b25-19+. The van der Waals surface area contributed by atoms with Gasteiger partial charge in [-0.25, -0.2) is 19.1 Å². The SMILES string of the molecule is COC(=O)C(=O)C1(c2nc3n(c2O)/C(=N/C(=O)Nc2ccc(Cl)cc2)N=N3)CCCCCC1=O. The molecule has 1 fully saturated rings. The molecule has 0 radical (unpaired) electrons. The Hall–Kier alpha value is -3.93. The molecule has 1 aliphatic heterocycles. The average molecular weight is 487 g/mol. The number of anilines is 1. The summed E-state index contributed by atoms with van der Waals surface area (Å²) in [6, 6.07) is 5.45. The second-order valence-electron chi connectivity index (χ2n) is 7.68. The van der Waals surface area contributed by atoms with Crippen LogP contribution in [0.25, 0.3) is 0 Å². The molecule has 2 aromatic rings. The summed E-state index contributed by atoms with van der Waals surface area (Å²) in [6.45, 7) is 0. The first kappa shape index (κ1) is 23.2. The fraction of sp³-hybridized carbons (Fsp3) is 0.333. The number of ketones is 2. The van der Waals surface area contributed by atoms with Crippen LogP contribution in [0.15, 0.2) is 39.5 Å². The van der Waals surface area contributed by atoms with E-state index in [-0.39, 0.29) is 30.4 Å². The van der Waals surface area contributed by atoms with Crippen molar-refractivity contribution in [3.8, 4) is 5.88 Å². The number of amides is 2. The molecule has 12 nitrogen and oxygen atoms in total. The molecule has 2 heterocycles. The third-order valence-corrected chi connectivity index (χ3v) is 5.91. The van der Waals surface area contributed by atoms with Crippen molar-refractivity contribution in [1.82, 2.24) is 9.55 Å². The highest BCUT2D eigenvalue weighted by atomic mass is 35.5. The molecule has 1 saturated carbocycles. The van der Waals surface area contributed by atoms with E-state index in [9.17, 15) is 24.3 Å². The first-order chi connectivity index (χ1) is 16.3. The number of methoxy groups -OCH3 is 1. The molecule has 176 valence electrons. The van der Waals surface area contributed by atoms with Crippen LogP contribution < -0.4 is 5.32 Å². The third kappa shape index (κ3) is 3.96. The number of nitrogens with one attached hydrogen (secondary N) is 1. The molecule has 34 heavy (non-hydrogen) atoms. The van der Waals surface area contributed by atoms with Crippen LogP contribution >= 0.6 is 11.6 Å². The Bertz CT molecular complexity index is 1250. The topological polar surface area (TPSA) is 165 Å². The number of azo groups is 1. The van der Waals surface area contributed by atoms with Crippen molar-refractivity contribution in [3.63, 3.8) is 0 Å². The number of hydrogen-bond acceptors (Lipinski definition) is 8. The maximum atomic E-state index is 13.1. The van der Waals surface area contributed by atoms with Gasteiger partial charge in [0.15, 0.2) is 5.78 Å². The van der Waals surface area contributed by atoms with E-state index >= 15 is 0 Å². The molecule has 1 aromatic heterocycles. The Labute approximate surface area is 197 Å². The maximum Gasteiger partial charge on any atom is 0.375 e. The number of carbonyl (C=O) groups excluding carboxylic acids is 4. The van der Waals surface area contributed by atoms with Crippen molar-refractivity contribution >= 4 is 52.8 Å². The molecule has 1 unspecified atom stereocenters. The molecule has 1 atom stereocenters. The first-order valence-corrected chi connectivity index (χ1v) is 10.7. The molecule has 4 rings (SSSR count). The van der Waals surface area contributed by atoms with E-state index in [1.165, 1.54) is 0 Å². The Balaban J connectivity index is 1.73. The van der Waals surface area contributed by atoms with Crippen LogP contribution in [-0.4, -0.2) is 51.3 Å². The van der Waals surface area contributed by atoms with Gasteiger partial charge in [0.2, 0.25) is 5.88 Å². The molecular formula is C21H19ClN6O6. The number of aromatic nitrogens is 2. The van der Waals surface area contributed by atoms with Gasteiger partial charge in [0.25, 0.3) is 17.7 Å². The van der Waals surface area contributed by atoms with Crippen LogP contribution in [0.4, 0.5) is 16.4 Å². The molecule has 0 bridgehead atoms. The summed E-state index contributed by atoms with van der Waals surface area (Å²) in [5.41, 5.74) is -1.96. The van der Waals surface area contributed by atoms with Gasteiger partial charge in [-0.05, 0) is 37.1 Å². The van der Waals surface area contributed by atoms with Crippen molar-refractivity contribution in [3.05, 3.63) is 35.0 Å². The maximum absolute atomic E-state index is 13.1. The number of carbonyl (C=O) groups is 4. The minimum atomic E-state index is -2.03. The highest BCUT2D eigenvalue weighted by Crippen LogP contribution is 2.43. The lowest BCUT2D eigenvalue weighted by atomic mass is 9.72. The number of benzene rings is 1. The molecule has 1 aliphatic carbocycles. The largest absolute Gasteiger partial charge is 0.493 e. The first-order valence-electron chi connectivity index (χ1n) is 10.3. The lowest BCUT2D eigenvalue weighted by Crippen LogP contribution is -2.47. The van der Waals surface area contributed by atoms with E-state index in [1.807, 2.05) is 0 Å². The Morgan fingerprint density at radius 1 is 1.18 bits per heavy atom. The molecular weight excluding hydrogens is 468 g/mol.